The van der Waals surface area contributed by atoms with E-state index in [9.17, 15) is 54.9 Å². The number of aromatic hydroxyl groups is 1. The van der Waals surface area contributed by atoms with Gasteiger partial charge in [-0.05, 0) is 54.6 Å². The first-order valence-corrected chi connectivity index (χ1v) is 22.3. The van der Waals surface area contributed by atoms with Crippen molar-refractivity contribution in [1.82, 2.24) is 0 Å². The molecular formula is C27H23N5Na4O19S6. The van der Waals surface area contributed by atoms with Crippen LogP contribution in [-0.2, 0) is 73.2 Å². The number of phenols is 1. The van der Waals surface area contributed by atoms with Gasteiger partial charge in [-0.1, -0.05) is 12.1 Å². The number of anilines is 1. The Bertz CT molecular complexity index is 2480. The van der Waals surface area contributed by atoms with E-state index in [0.29, 0.717) is 0 Å². The minimum atomic E-state index is -4.85. The minimum absolute atomic E-state index is 0. The predicted molar refractivity (Wildman–Crippen MR) is 188 cm³/mol. The van der Waals surface area contributed by atoms with Crippen molar-refractivity contribution in [2.45, 2.75) is 14.7 Å². The number of nitrogens with one attached hydrogen (secondary N) is 1. The molecule has 0 aromatic heterocycles. The second-order valence-corrected chi connectivity index (χ2v) is 18.5. The molecule has 0 heterocycles. The third-order valence-corrected chi connectivity index (χ3v) is 12.7. The van der Waals surface area contributed by atoms with Crippen molar-refractivity contribution in [2.24, 2.45) is 20.5 Å². The molecule has 1 unspecified atom stereocenters. The molecule has 61 heavy (non-hydrogen) atoms. The predicted octanol–water partition coefficient (Wildman–Crippen LogP) is -10.2. The van der Waals surface area contributed by atoms with Gasteiger partial charge in [0.2, 0.25) is 0 Å². The molecule has 4 aromatic rings. The summed E-state index contributed by atoms with van der Waals surface area (Å²) in [4.78, 5) is -0.691. The fourth-order valence-electron chi connectivity index (χ4n) is 4.41. The average molecular weight is 1010 g/mol. The summed E-state index contributed by atoms with van der Waals surface area (Å²) in [6.07, 6.45) is 0. The summed E-state index contributed by atoms with van der Waals surface area (Å²) in [6.45, 7) is -0.404. The molecule has 24 nitrogen and oxygen atoms in total. The Morgan fingerprint density at radius 3 is 1.84 bits per heavy atom. The number of sulfone groups is 2. The molecule has 310 valence electrons. The average Bonchev–Trinajstić information content (AvgIpc) is 3.17. The quantitative estimate of drug-likeness (QED) is 0.0132. The van der Waals surface area contributed by atoms with Gasteiger partial charge in [0.15, 0.2) is 48.8 Å². The van der Waals surface area contributed by atoms with Gasteiger partial charge in [-0.15, -0.1) is 18.9 Å². The van der Waals surface area contributed by atoms with Gasteiger partial charge < -0.3 is 30.7 Å². The van der Waals surface area contributed by atoms with Crippen LogP contribution in [0.25, 0.3) is 10.8 Å². The summed E-state index contributed by atoms with van der Waals surface area (Å²) in [5.41, 5.74) is -0.804. The summed E-state index contributed by atoms with van der Waals surface area (Å²) in [5.74, 6) is -3.62. The molecule has 0 bridgehead atoms. The topological polar surface area (TPSA) is 358 Å². The largest absolute Gasteiger partial charge is 1.00 e. The van der Waals surface area contributed by atoms with E-state index >= 15 is 0 Å². The first kappa shape index (κ1) is 61.2. The van der Waals surface area contributed by atoms with Crippen LogP contribution in [0.4, 0.5) is 28.4 Å². The van der Waals surface area contributed by atoms with Gasteiger partial charge in [0.1, 0.15) is 27.4 Å². The van der Waals surface area contributed by atoms with Gasteiger partial charge in [0.05, 0.1) is 67.7 Å². The van der Waals surface area contributed by atoms with Gasteiger partial charge in [0.25, 0.3) is 0 Å². The molecule has 4 rings (SSSR count). The number of phenolic OH excluding ortho intramolecular Hbond substituents is 1. The Kier molecular flexibility index (Phi) is 29.9. The first-order valence-electron chi connectivity index (χ1n) is 14.8. The number of hydrogen-bond acceptors (Lipinski definition) is 26. The van der Waals surface area contributed by atoms with Crippen molar-refractivity contribution in [3.63, 3.8) is 0 Å². The summed E-state index contributed by atoms with van der Waals surface area (Å²) < 4.78 is 114. The van der Waals surface area contributed by atoms with Crippen molar-refractivity contribution in [2.75, 3.05) is 35.1 Å². The van der Waals surface area contributed by atoms with E-state index in [1.54, 1.807) is 0 Å². The van der Waals surface area contributed by atoms with Gasteiger partial charge >= 0.3 is 118 Å². The molecule has 0 saturated heterocycles. The Morgan fingerprint density at radius 1 is 0.705 bits per heavy atom. The zero-order chi connectivity index (χ0) is 41.6. The van der Waals surface area contributed by atoms with Crippen LogP contribution < -0.4 is 139 Å². The van der Waals surface area contributed by atoms with Crippen LogP contribution >= 0.6 is 24.4 Å². The van der Waals surface area contributed by atoms with Crippen LogP contribution in [0, 0.1) is 0 Å². The molecule has 0 radical (unpaired) electrons. The molecule has 0 spiro atoms. The Balaban J connectivity index is 0.00000900. The third-order valence-electron chi connectivity index (χ3n) is 6.84. The molecule has 0 amide bonds. The van der Waals surface area contributed by atoms with Gasteiger partial charge in [-0.2, -0.15) is 14.6 Å². The maximum atomic E-state index is 12.8. The maximum absolute atomic E-state index is 12.8. The Hall–Kier alpha value is 0.200. The summed E-state index contributed by atoms with van der Waals surface area (Å²) in [6, 6.07) is 13.7. The zero-order valence-corrected chi connectivity index (χ0v) is 44.8. The number of nitrogens with zero attached hydrogens (tertiary/aromatic N) is 4. The maximum Gasteiger partial charge on any atom is 1.00 e. The number of azo groups is 2. The minimum Gasteiger partial charge on any atom is -0.747 e. The second-order valence-electron chi connectivity index (χ2n) is 10.4. The van der Waals surface area contributed by atoms with E-state index in [1.165, 1.54) is 54.6 Å². The van der Waals surface area contributed by atoms with Gasteiger partial charge in [0, 0.05) is 10.8 Å². The molecule has 0 fully saturated rings. The van der Waals surface area contributed by atoms with Crippen LogP contribution in [0.5, 0.6) is 5.75 Å². The molecule has 4 aromatic carbocycles. The monoisotopic (exact) mass is 1000 g/mol. The van der Waals surface area contributed by atoms with E-state index in [4.69, 9.17) is 4.18 Å². The molecule has 2 N–H and O–H groups in total. The number of rotatable bonds is 23. The molecule has 0 aliphatic rings. The van der Waals surface area contributed by atoms with Crippen molar-refractivity contribution in [3.8, 4) is 5.75 Å². The van der Waals surface area contributed by atoms with E-state index in [1.807, 2.05) is 0 Å². The van der Waals surface area contributed by atoms with E-state index in [0.717, 1.165) is 12.1 Å². The Morgan fingerprint density at radius 2 is 1.28 bits per heavy atom. The van der Waals surface area contributed by atoms with Gasteiger partial charge in [-0.25, -0.2) is 29.5 Å². The number of benzene rings is 4. The van der Waals surface area contributed by atoms with Crippen LogP contribution in [-0.4, -0.2) is 68.9 Å². The van der Waals surface area contributed by atoms with Crippen LogP contribution in [0.15, 0.2) is 102 Å². The fourth-order valence-corrected chi connectivity index (χ4v) is 9.05. The summed E-state index contributed by atoms with van der Waals surface area (Å²) in [5, 5.41) is 70.1. The first-order chi connectivity index (χ1) is 27.1. The van der Waals surface area contributed by atoms with Crippen LogP contribution in [0.2, 0.25) is 0 Å². The van der Waals surface area contributed by atoms with Crippen molar-refractivity contribution in [3.05, 3.63) is 66.7 Å². The molecule has 0 saturated carbocycles. The molecule has 0 aliphatic heterocycles. The normalized spacial score (nSPS) is 12.3. The van der Waals surface area contributed by atoms with Crippen LogP contribution in [0.1, 0.15) is 0 Å². The second kappa shape index (κ2) is 29.8. The molecular weight excluding hydrogens is 983 g/mol. The van der Waals surface area contributed by atoms with Crippen molar-refractivity contribution in [1.29, 1.82) is 0 Å². The smallest absolute Gasteiger partial charge is 0.747 e. The van der Waals surface area contributed by atoms with Gasteiger partial charge in [-0.3, -0.25) is 19.3 Å². The zero-order valence-electron chi connectivity index (χ0n) is 31.9. The molecule has 0 aliphatic carbocycles. The van der Waals surface area contributed by atoms with Crippen molar-refractivity contribution < 1.29 is 205 Å². The molecule has 34 heteroatoms. The molecule has 1 atom stereocenters. The van der Waals surface area contributed by atoms with Crippen LogP contribution in [0.3, 0.4) is 0 Å². The SMILES string of the molecule is O=S(CCS(=O)(=O)c1cccc(N=Nc2c(SOO[O-])cc3c(N=Nc4cccc(S(=O)(=O)CCOSOO[O-])c4)c(NCS(=O)(=O)[O-])ccc3c2O)c1)OO[O-].[Na+].[Na+].[Na+].[Na+]. The Labute approximate surface area is 446 Å². The van der Waals surface area contributed by atoms with E-state index in [-0.39, 0.29) is 196 Å². The van der Waals surface area contributed by atoms with Crippen molar-refractivity contribution >= 4 is 104 Å². The third kappa shape index (κ3) is 19.5. The van der Waals surface area contributed by atoms with E-state index in [2.05, 4.69) is 53.9 Å². The fraction of sp³-hybridized carbons (Fsp3) is 0.185. The number of fused-ring (bicyclic) bond motifs is 1. The summed E-state index contributed by atoms with van der Waals surface area (Å²) in [7, 11) is -12.9. The summed E-state index contributed by atoms with van der Waals surface area (Å²) >= 11 is -2.00. The standard InChI is InChI=1S/C27H27N5O19S6.4Na/c33-27-21-7-8-23(28-16-57(42,43)44)25(31-29-17-3-1-5-19(13-17)55(38,39)11-9-45-53-50-47-35)22(21)15-24(52-49-46-34)26(27)32-30-18-4-2-6-20(14-18)56(40,41)12-10-54(37)51-48-36;;;;/h1-8,13-15,28,33-36H,9-12,16H2,(H,42,43,44);;;;/q;4*+1/p-4. The number of hydrogen-bond donors (Lipinski definition) is 2. The van der Waals surface area contributed by atoms with E-state index < -0.39 is 76.4 Å².